The van der Waals surface area contributed by atoms with Crippen molar-refractivity contribution >= 4 is 0 Å². The van der Waals surface area contributed by atoms with Crippen LogP contribution in [0.25, 0.3) is 0 Å². The fraction of sp³-hybridized carbons (Fsp3) is 0.571. The summed E-state index contributed by atoms with van der Waals surface area (Å²) in [5.41, 5.74) is -2.31. The molecule has 0 spiro atoms. The normalized spacial score (nSPS) is 21.5. The maximum atomic E-state index is 10.1. The Bertz CT molecular complexity index is 568. The standard InChI is InChI=1S/C14H22O/c1-13(2,3)10-7-8-12(15)11(9-10)14(4,5)6/h7-9,15H,1-6H3/i1D3,4D3,8D. The third kappa shape index (κ3) is 2.74. The molecule has 0 bridgehead atoms. The Hall–Kier alpha value is -0.980. The molecule has 0 aliphatic heterocycles. The molecule has 0 amide bonds. The summed E-state index contributed by atoms with van der Waals surface area (Å²) < 4.78 is 53.7. The smallest absolute Gasteiger partial charge is 0.119 e. The van der Waals surface area contributed by atoms with E-state index in [1.165, 1.54) is 39.8 Å². The molecule has 1 nitrogen and oxygen atoms in total. The molecule has 1 aromatic rings. The van der Waals surface area contributed by atoms with Crippen molar-refractivity contribution in [2.24, 2.45) is 0 Å². The number of phenolic OH excluding ortho intramolecular Hbond substituents is 1. The summed E-state index contributed by atoms with van der Waals surface area (Å²) in [5.74, 6) is -0.425. The van der Waals surface area contributed by atoms with Crippen molar-refractivity contribution in [3.63, 3.8) is 0 Å². The molecule has 0 aromatic heterocycles. The van der Waals surface area contributed by atoms with Crippen LogP contribution >= 0.6 is 0 Å². The van der Waals surface area contributed by atoms with Crippen LogP contribution in [0.4, 0.5) is 0 Å². The lowest BCUT2D eigenvalue weighted by molar-refractivity contribution is 0.444. The highest BCUT2D eigenvalue weighted by molar-refractivity contribution is 5.42. The molecule has 15 heavy (non-hydrogen) atoms. The molecule has 0 heterocycles. The minimum Gasteiger partial charge on any atom is -0.508 e. The van der Waals surface area contributed by atoms with Gasteiger partial charge in [0.1, 0.15) is 5.75 Å². The lowest BCUT2D eigenvalue weighted by Crippen LogP contribution is -2.16. The fourth-order valence-corrected chi connectivity index (χ4v) is 1.33. The van der Waals surface area contributed by atoms with Gasteiger partial charge in [-0.3, -0.25) is 0 Å². The van der Waals surface area contributed by atoms with E-state index in [-0.39, 0.29) is 11.6 Å². The van der Waals surface area contributed by atoms with E-state index in [0.717, 1.165) is 0 Å². The molecule has 0 radical (unpaired) electrons. The first-order valence-electron chi connectivity index (χ1n) is 8.38. The zero-order valence-electron chi connectivity index (χ0n) is 16.6. The van der Waals surface area contributed by atoms with Crippen molar-refractivity contribution < 1.29 is 14.7 Å². The Morgan fingerprint density at radius 1 is 1.20 bits per heavy atom. The Kier molecular flexibility index (Phi) is 1.27. The van der Waals surface area contributed by atoms with E-state index in [0.29, 0.717) is 5.56 Å². The van der Waals surface area contributed by atoms with Crippen LogP contribution in [0.1, 0.15) is 62.1 Å². The van der Waals surface area contributed by atoms with Gasteiger partial charge >= 0.3 is 0 Å². The summed E-state index contributed by atoms with van der Waals surface area (Å²) in [6.45, 7) is 1.19. The van der Waals surface area contributed by atoms with E-state index in [2.05, 4.69) is 0 Å². The summed E-state index contributed by atoms with van der Waals surface area (Å²) in [4.78, 5) is 0. The fourth-order valence-electron chi connectivity index (χ4n) is 1.33. The molecule has 1 heteroatoms. The van der Waals surface area contributed by atoms with Crippen molar-refractivity contribution in [3.8, 4) is 5.75 Å². The summed E-state index contributed by atoms with van der Waals surface area (Å²) in [5, 5.41) is 10.1. The number of benzene rings is 1. The van der Waals surface area contributed by atoms with Crippen molar-refractivity contribution in [1.29, 1.82) is 0 Å². The highest BCUT2D eigenvalue weighted by Gasteiger charge is 2.21. The summed E-state index contributed by atoms with van der Waals surface area (Å²) >= 11 is 0. The molecule has 0 unspecified atom stereocenters. The second-order valence-corrected chi connectivity index (χ2v) is 4.90. The number of hydrogen-bond acceptors (Lipinski definition) is 1. The highest BCUT2D eigenvalue weighted by Crippen LogP contribution is 2.34. The monoisotopic (exact) mass is 213 g/mol. The van der Waals surface area contributed by atoms with Crippen molar-refractivity contribution in [2.75, 3.05) is 0 Å². The van der Waals surface area contributed by atoms with Crippen LogP contribution in [0.2, 0.25) is 0 Å². The predicted octanol–water partition coefficient (Wildman–Crippen LogP) is 3.99. The second-order valence-electron chi connectivity index (χ2n) is 4.90. The van der Waals surface area contributed by atoms with E-state index in [1.807, 2.05) is 0 Å². The molecule has 0 aliphatic rings. The minimum atomic E-state index is -2.40. The lowest BCUT2D eigenvalue weighted by Gasteiger charge is -2.25. The predicted molar refractivity (Wildman–Crippen MR) is 65.5 cm³/mol. The molecule has 0 atom stereocenters. The number of rotatable bonds is 0. The summed E-state index contributed by atoms with van der Waals surface area (Å²) in [7, 11) is 0. The van der Waals surface area contributed by atoms with E-state index in [4.69, 9.17) is 9.60 Å². The van der Waals surface area contributed by atoms with Crippen molar-refractivity contribution in [3.05, 3.63) is 29.3 Å². The van der Waals surface area contributed by atoms with Gasteiger partial charge in [0.15, 0.2) is 0 Å². The number of aromatic hydroxyl groups is 1. The van der Waals surface area contributed by atoms with Crippen LogP contribution in [0.15, 0.2) is 18.2 Å². The second kappa shape index (κ2) is 3.55. The Morgan fingerprint density at radius 2 is 1.80 bits per heavy atom. The zero-order valence-corrected chi connectivity index (χ0v) is 9.60. The zero-order chi connectivity index (χ0) is 17.7. The largest absolute Gasteiger partial charge is 0.508 e. The van der Waals surface area contributed by atoms with Gasteiger partial charge in [0.2, 0.25) is 0 Å². The molecule has 0 saturated carbocycles. The van der Waals surface area contributed by atoms with Crippen LogP contribution < -0.4 is 0 Å². The molecule has 84 valence electrons. The van der Waals surface area contributed by atoms with E-state index in [9.17, 15) is 5.11 Å². The average molecular weight is 213 g/mol. The molecule has 1 N–H and O–H groups in total. The maximum absolute atomic E-state index is 10.1. The van der Waals surface area contributed by atoms with Crippen molar-refractivity contribution in [2.45, 2.75) is 52.2 Å². The lowest BCUT2D eigenvalue weighted by atomic mass is 9.80. The third-order valence-electron chi connectivity index (χ3n) is 2.31. The molecular weight excluding hydrogens is 184 g/mol. The van der Waals surface area contributed by atoms with E-state index in [1.54, 1.807) is 0 Å². The molecule has 0 aliphatic carbocycles. The molecule has 1 aromatic carbocycles. The van der Waals surface area contributed by atoms with E-state index < -0.39 is 30.3 Å². The highest BCUT2D eigenvalue weighted by atomic mass is 16.3. The molecule has 0 saturated heterocycles. The number of hydrogen-bond donors (Lipinski definition) is 1. The van der Waals surface area contributed by atoms with Gasteiger partial charge in [0.05, 0.1) is 1.37 Å². The SMILES string of the molecule is [2H]c1cc(C(C)(C)C([2H])([2H])[2H])cc(C(C)(C)C([2H])([2H])[2H])c1O. The van der Waals surface area contributed by atoms with Crippen LogP contribution in [0, 0.1) is 0 Å². The maximum Gasteiger partial charge on any atom is 0.119 e. The summed E-state index contributed by atoms with van der Waals surface area (Å²) in [6.07, 6.45) is 0. The van der Waals surface area contributed by atoms with Gasteiger partial charge in [0.25, 0.3) is 0 Å². The first-order valence-corrected chi connectivity index (χ1v) is 4.88. The van der Waals surface area contributed by atoms with Gasteiger partial charge in [-0.2, -0.15) is 0 Å². The van der Waals surface area contributed by atoms with Gasteiger partial charge in [-0.25, -0.2) is 0 Å². The molecule has 0 fully saturated rings. The average Bonchev–Trinajstić information content (AvgIpc) is 2.28. The topological polar surface area (TPSA) is 20.2 Å². The van der Waals surface area contributed by atoms with Crippen LogP contribution in [-0.2, 0) is 10.8 Å². The van der Waals surface area contributed by atoms with Gasteiger partial charge < -0.3 is 5.11 Å². The van der Waals surface area contributed by atoms with E-state index >= 15 is 0 Å². The Balaban J connectivity index is 3.65. The van der Waals surface area contributed by atoms with Crippen LogP contribution in [0.3, 0.4) is 0 Å². The first-order chi connectivity index (χ1) is 9.53. The third-order valence-corrected chi connectivity index (χ3v) is 2.31. The van der Waals surface area contributed by atoms with Gasteiger partial charge in [-0.05, 0) is 28.0 Å². The summed E-state index contributed by atoms with van der Waals surface area (Å²) in [6, 6.07) is 2.40. The van der Waals surface area contributed by atoms with Gasteiger partial charge in [0, 0.05) is 8.22 Å². The Labute approximate surface area is 103 Å². The Morgan fingerprint density at radius 3 is 2.33 bits per heavy atom. The van der Waals surface area contributed by atoms with Crippen LogP contribution in [-0.4, -0.2) is 5.11 Å². The molecule has 1 rings (SSSR count). The quantitative estimate of drug-likeness (QED) is 0.691. The first kappa shape index (κ1) is 5.38. The minimum absolute atomic E-state index is 0.0623. The van der Waals surface area contributed by atoms with Crippen LogP contribution in [0.5, 0.6) is 5.75 Å². The number of phenols is 1. The van der Waals surface area contributed by atoms with Gasteiger partial charge in [-0.15, -0.1) is 0 Å². The molecular formula is C14H22O. The van der Waals surface area contributed by atoms with Crippen molar-refractivity contribution in [1.82, 2.24) is 0 Å². The van der Waals surface area contributed by atoms with Gasteiger partial charge in [-0.1, -0.05) is 53.5 Å².